The van der Waals surface area contributed by atoms with E-state index in [0.717, 1.165) is 75.5 Å². The van der Waals surface area contributed by atoms with Gasteiger partial charge in [-0.15, -0.1) is 0 Å². The van der Waals surface area contributed by atoms with E-state index in [4.69, 9.17) is 26.6 Å². The van der Waals surface area contributed by atoms with E-state index in [-0.39, 0.29) is 0 Å². The van der Waals surface area contributed by atoms with Gasteiger partial charge in [-0.1, -0.05) is 139 Å². The highest BCUT2D eigenvalue weighted by Crippen LogP contribution is 2.44. The molecule has 0 saturated carbocycles. The fraction of sp³-hybridized carbons (Fsp3) is 1.00. The van der Waals surface area contributed by atoms with Crippen LogP contribution in [0.2, 0.25) is 12.1 Å². The molecule has 0 aliphatic rings. The smallest absolute Gasteiger partial charge is 0.374 e. The lowest BCUT2D eigenvalue weighted by Crippen LogP contribution is -2.46. The summed E-state index contributed by atoms with van der Waals surface area (Å²) in [6, 6.07) is 1.82. The molecule has 0 aliphatic heterocycles. The van der Waals surface area contributed by atoms with Gasteiger partial charge in [0, 0.05) is 63.2 Å². The van der Waals surface area contributed by atoms with Gasteiger partial charge in [0.15, 0.2) is 0 Å². The maximum Gasteiger partial charge on any atom is 0.500 e. The molecule has 48 heavy (non-hydrogen) atoms. The predicted molar refractivity (Wildman–Crippen MR) is 223 cm³/mol. The minimum atomic E-state index is -2.65. The van der Waals surface area contributed by atoms with E-state index in [1.807, 2.05) is 41.2 Å². The summed E-state index contributed by atoms with van der Waals surface area (Å²) in [6.45, 7) is 17.3. The van der Waals surface area contributed by atoms with E-state index in [2.05, 4.69) is 41.5 Å². The van der Waals surface area contributed by atoms with Crippen LogP contribution in [0.25, 0.3) is 0 Å². The lowest BCUT2D eigenvalue weighted by Gasteiger charge is -2.29. The molecule has 0 unspecified atom stereocenters. The van der Waals surface area contributed by atoms with Crippen molar-refractivity contribution in [2.75, 3.05) is 51.1 Å². The summed E-state index contributed by atoms with van der Waals surface area (Å²) in [5.41, 5.74) is 0. The van der Waals surface area contributed by atoms with Gasteiger partial charge in [0.2, 0.25) is 0 Å². The molecule has 0 aromatic heterocycles. The first kappa shape index (κ1) is 49.6. The van der Waals surface area contributed by atoms with Crippen LogP contribution in [0, 0.1) is 0 Å². The minimum Gasteiger partial charge on any atom is -0.374 e. The minimum absolute atomic E-state index is 0.652. The maximum atomic E-state index is 6.55. The SMILES string of the molecule is CCCCCCCCO[Si](CCCSSSSCCC[Si](OCC)(OCCCCCCCC)OCCCCCCCC)(OCC)OCC. The largest absolute Gasteiger partial charge is 0.500 e. The molecule has 0 spiro atoms. The highest BCUT2D eigenvalue weighted by atomic mass is 33.7. The Hall–Kier alpha value is 1.59. The first-order valence-corrected chi connectivity index (χ1v) is 29.0. The lowest BCUT2D eigenvalue weighted by atomic mass is 10.1. The first-order chi connectivity index (χ1) is 23.6. The van der Waals surface area contributed by atoms with Gasteiger partial charge in [-0.2, -0.15) is 0 Å². The zero-order chi connectivity index (χ0) is 35.3. The van der Waals surface area contributed by atoms with Gasteiger partial charge in [-0.3, -0.25) is 0 Å². The Morgan fingerprint density at radius 2 is 0.625 bits per heavy atom. The number of hydrogen-bond donors (Lipinski definition) is 0. The zero-order valence-corrected chi connectivity index (χ0v) is 37.6. The molecule has 290 valence electrons. The predicted octanol–water partition coefficient (Wildman–Crippen LogP) is 13.6. The molecule has 0 atom stereocenters. The fourth-order valence-corrected chi connectivity index (χ4v) is 17.4. The molecule has 0 heterocycles. The van der Waals surface area contributed by atoms with Crippen LogP contribution >= 0.6 is 41.2 Å². The molecule has 0 N–H and O–H groups in total. The Morgan fingerprint density at radius 3 is 0.938 bits per heavy atom. The van der Waals surface area contributed by atoms with E-state index in [0.29, 0.717) is 19.8 Å². The summed E-state index contributed by atoms with van der Waals surface area (Å²) in [4.78, 5) is 0. The third kappa shape index (κ3) is 30.1. The van der Waals surface area contributed by atoms with E-state index in [1.54, 1.807) is 0 Å². The topological polar surface area (TPSA) is 55.4 Å². The van der Waals surface area contributed by atoms with Crippen molar-refractivity contribution in [3.63, 3.8) is 0 Å². The number of rotatable bonds is 41. The van der Waals surface area contributed by atoms with Gasteiger partial charge < -0.3 is 26.6 Å². The number of hydrogen-bond acceptors (Lipinski definition) is 10. The molecular weight excluding hydrogens is 713 g/mol. The van der Waals surface area contributed by atoms with Gasteiger partial charge in [-0.25, -0.2) is 0 Å². The van der Waals surface area contributed by atoms with Crippen molar-refractivity contribution in [3.05, 3.63) is 0 Å². The van der Waals surface area contributed by atoms with Gasteiger partial charge in [0.05, 0.1) is 0 Å². The Labute approximate surface area is 316 Å². The summed E-state index contributed by atoms with van der Waals surface area (Å²) < 4.78 is 38.2. The van der Waals surface area contributed by atoms with Crippen molar-refractivity contribution >= 4 is 58.8 Å². The van der Waals surface area contributed by atoms with Crippen molar-refractivity contribution < 1.29 is 26.6 Å². The van der Waals surface area contributed by atoms with E-state index < -0.39 is 17.6 Å². The zero-order valence-electron chi connectivity index (χ0n) is 32.3. The molecular formula is C36H78O6S4Si2. The Morgan fingerprint density at radius 1 is 0.333 bits per heavy atom. The van der Waals surface area contributed by atoms with Gasteiger partial charge in [0.25, 0.3) is 0 Å². The second-order valence-electron chi connectivity index (χ2n) is 12.5. The Bertz CT molecular complexity index is 621. The van der Waals surface area contributed by atoms with Crippen LogP contribution in [0.4, 0.5) is 0 Å². The lowest BCUT2D eigenvalue weighted by molar-refractivity contribution is 0.0601. The molecule has 0 fully saturated rings. The maximum absolute atomic E-state index is 6.55. The van der Waals surface area contributed by atoms with Crippen molar-refractivity contribution in [1.29, 1.82) is 0 Å². The highest BCUT2D eigenvalue weighted by Gasteiger charge is 2.41. The summed E-state index contributed by atoms with van der Waals surface area (Å²) in [5, 5.41) is 0. The molecule has 0 aromatic rings. The average Bonchev–Trinajstić information content (AvgIpc) is 3.08. The van der Waals surface area contributed by atoms with Crippen LogP contribution in [0.5, 0.6) is 0 Å². The van der Waals surface area contributed by atoms with Gasteiger partial charge in [0.1, 0.15) is 0 Å². The molecule has 0 aromatic carbocycles. The monoisotopic (exact) mass is 790 g/mol. The second-order valence-corrected chi connectivity index (χ2v) is 24.2. The molecule has 0 amide bonds. The summed E-state index contributed by atoms with van der Waals surface area (Å²) in [7, 11) is 2.41. The van der Waals surface area contributed by atoms with Crippen LogP contribution in [0.3, 0.4) is 0 Å². The van der Waals surface area contributed by atoms with Gasteiger partial charge >= 0.3 is 17.6 Å². The third-order valence-electron chi connectivity index (χ3n) is 8.10. The molecule has 0 rings (SSSR count). The average molecular weight is 791 g/mol. The van der Waals surface area contributed by atoms with Crippen LogP contribution in [-0.4, -0.2) is 68.8 Å². The normalized spacial score (nSPS) is 12.4. The van der Waals surface area contributed by atoms with Gasteiger partial charge in [-0.05, 0) is 72.5 Å². The summed E-state index contributed by atoms with van der Waals surface area (Å²) >= 11 is 0. The first-order valence-electron chi connectivity index (χ1n) is 20.0. The third-order valence-corrected chi connectivity index (χ3v) is 20.8. The Balaban J connectivity index is 4.50. The van der Waals surface area contributed by atoms with Crippen molar-refractivity contribution in [3.8, 4) is 0 Å². The van der Waals surface area contributed by atoms with Crippen LogP contribution in [0.15, 0.2) is 0 Å². The second kappa shape index (κ2) is 38.3. The van der Waals surface area contributed by atoms with Crippen LogP contribution in [-0.2, 0) is 26.6 Å². The van der Waals surface area contributed by atoms with Crippen molar-refractivity contribution in [2.24, 2.45) is 0 Å². The van der Waals surface area contributed by atoms with E-state index in [1.165, 1.54) is 96.3 Å². The van der Waals surface area contributed by atoms with E-state index >= 15 is 0 Å². The van der Waals surface area contributed by atoms with E-state index in [9.17, 15) is 0 Å². The summed E-state index contributed by atoms with van der Waals surface area (Å²) in [5.74, 6) is 2.16. The molecule has 0 bridgehead atoms. The molecule has 0 aliphatic carbocycles. The molecule has 12 heteroatoms. The fourth-order valence-electron chi connectivity index (χ4n) is 5.48. The van der Waals surface area contributed by atoms with Crippen LogP contribution < -0.4 is 0 Å². The van der Waals surface area contributed by atoms with Crippen molar-refractivity contribution in [1.82, 2.24) is 0 Å². The molecule has 0 radical (unpaired) electrons. The highest BCUT2D eigenvalue weighted by molar-refractivity contribution is 9.26. The van der Waals surface area contributed by atoms with Crippen LogP contribution in [0.1, 0.15) is 170 Å². The number of unbranched alkanes of at least 4 members (excludes halogenated alkanes) is 15. The Kier molecular flexibility index (Phi) is 39.6. The van der Waals surface area contributed by atoms with Crippen molar-refractivity contribution in [2.45, 2.75) is 182 Å². The summed E-state index contributed by atoms with van der Waals surface area (Å²) in [6.07, 6.45) is 24.9. The molecule has 6 nitrogen and oxygen atoms in total. The molecule has 0 saturated heterocycles. The standard InChI is InChI=1S/C36H78O6S4Si2/c1-7-13-16-19-22-25-30-40-47(37-10-4,38-11-5)35-28-33-43-45-46-44-34-29-36-48(39-12-6,41-31-26-23-20-17-14-8-2)42-32-27-24-21-18-15-9-3/h7-36H2,1-6H3. The quantitative estimate of drug-likeness (QED) is 0.0340.